The summed E-state index contributed by atoms with van der Waals surface area (Å²) >= 11 is 0. The number of amides is 5. The molecule has 0 aliphatic carbocycles. The zero-order valence-corrected chi connectivity index (χ0v) is 22.1. The third kappa shape index (κ3) is 10.7. The van der Waals surface area contributed by atoms with Gasteiger partial charge in [0, 0.05) is 19.2 Å². The number of carboxylic acids is 1. The minimum Gasteiger partial charge on any atom is -0.481 e. The maximum Gasteiger partial charge on any atom is 0.303 e. The molecule has 0 aromatic carbocycles. The van der Waals surface area contributed by atoms with Crippen LogP contribution < -0.4 is 32.3 Å². The van der Waals surface area contributed by atoms with Crippen LogP contribution in [0.25, 0.3) is 0 Å². The molecule has 1 aromatic heterocycles. The van der Waals surface area contributed by atoms with E-state index in [0.29, 0.717) is 13.0 Å². The molecule has 0 saturated carbocycles. The molecular weight excluding hydrogens is 510 g/mol. The highest BCUT2D eigenvalue weighted by Gasteiger charge is 2.31. The number of aromatic nitrogens is 1. The Bertz CT molecular complexity index is 1030. The van der Waals surface area contributed by atoms with Crippen molar-refractivity contribution >= 4 is 35.5 Å². The monoisotopic (exact) mass is 547 g/mol. The average Bonchev–Trinajstić information content (AvgIpc) is 3.43. The van der Waals surface area contributed by atoms with Crippen molar-refractivity contribution in [3.8, 4) is 0 Å². The van der Waals surface area contributed by atoms with Gasteiger partial charge in [0.05, 0.1) is 6.04 Å². The number of carboxylic acid groups (broad SMARTS) is 1. The molecule has 1 saturated heterocycles. The largest absolute Gasteiger partial charge is 0.481 e. The molecule has 14 nitrogen and oxygen atoms in total. The van der Waals surface area contributed by atoms with Crippen molar-refractivity contribution in [1.82, 2.24) is 31.6 Å². The number of carbonyl (C=O) groups excluding carboxylic acids is 5. The van der Waals surface area contributed by atoms with Crippen molar-refractivity contribution in [2.24, 2.45) is 11.7 Å². The smallest absolute Gasteiger partial charge is 0.303 e. The van der Waals surface area contributed by atoms with Crippen LogP contribution in [-0.2, 0) is 24.0 Å². The number of hydrogen-bond acceptors (Lipinski definition) is 8. The molecule has 214 valence electrons. The number of hydrogen-bond donors (Lipinski definition) is 7. The van der Waals surface area contributed by atoms with Crippen molar-refractivity contribution in [1.29, 1.82) is 0 Å². The van der Waals surface area contributed by atoms with Gasteiger partial charge in [-0.05, 0) is 50.3 Å². The zero-order valence-electron chi connectivity index (χ0n) is 22.1. The maximum absolute atomic E-state index is 13.3. The highest BCUT2D eigenvalue weighted by Crippen LogP contribution is 2.08. The third-order valence-electron chi connectivity index (χ3n) is 6.02. The highest BCUT2D eigenvalue weighted by atomic mass is 16.4. The number of pyridine rings is 1. The summed E-state index contributed by atoms with van der Waals surface area (Å²) in [5, 5.41) is 22.2. The second kappa shape index (κ2) is 15.4. The van der Waals surface area contributed by atoms with Gasteiger partial charge in [0.2, 0.25) is 23.6 Å². The van der Waals surface area contributed by atoms with Gasteiger partial charge in [-0.1, -0.05) is 19.9 Å². The lowest BCUT2D eigenvalue weighted by molar-refractivity contribution is -0.138. The van der Waals surface area contributed by atoms with E-state index in [0.717, 1.165) is 6.42 Å². The van der Waals surface area contributed by atoms with E-state index in [1.807, 2.05) is 13.8 Å². The van der Waals surface area contributed by atoms with Crippen LogP contribution in [0.3, 0.4) is 0 Å². The van der Waals surface area contributed by atoms with Gasteiger partial charge in [0.15, 0.2) is 0 Å². The van der Waals surface area contributed by atoms with E-state index in [2.05, 4.69) is 31.6 Å². The van der Waals surface area contributed by atoms with Gasteiger partial charge in [-0.15, -0.1) is 0 Å². The number of nitrogens with one attached hydrogen (secondary N) is 5. The Labute approximate surface area is 226 Å². The fourth-order valence-corrected chi connectivity index (χ4v) is 3.97. The topological polar surface area (TPSA) is 222 Å². The first-order valence-electron chi connectivity index (χ1n) is 12.8. The molecule has 0 radical (unpaired) electrons. The van der Waals surface area contributed by atoms with Crippen LogP contribution in [0.2, 0.25) is 0 Å². The summed E-state index contributed by atoms with van der Waals surface area (Å²) in [4.78, 5) is 78.2. The molecule has 1 aromatic rings. The first kappa shape index (κ1) is 31.1. The number of nitrogens with two attached hydrogens (primary N) is 1. The molecule has 0 unspecified atom stereocenters. The van der Waals surface area contributed by atoms with Crippen molar-refractivity contribution < 1.29 is 33.9 Å². The van der Waals surface area contributed by atoms with Crippen LogP contribution in [-0.4, -0.2) is 82.9 Å². The molecule has 14 heteroatoms. The molecule has 5 amide bonds. The lowest BCUT2D eigenvalue weighted by atomic mass is 10.0. The van der Waals surface area contributed by atoms with Crippen LogP contribution in [0, 0.1) is 5.92 Å². The van der Waals surface area contributed by atoms with Crippen LogP contribution in [0.1, 0.15) is 56.4 Å². The summed E-state index contributed by atoms with van der Waals surface area (Å²) in [5.41, 5.74) is 5.37. The van der Waals surface area contributed by atoms with Crippen molar-refractivity contribution in [3.05, 3.63) is 30.1 Å². The van der Waals surface area contributed by atoms with E-state index in [4.69, 9.17) is 10.8 Å². The number of aliphatic carboxylic acids is 1. The molecule has 1 aliphatic heterocycles. The van der Waals surface area contributed by atoms with E-state index >= 15 is 0 Å². The lowest BCUT2D eigenvalue weighted by Gasteiger charge is -2.26. The van der Waals surface area contributed by atoms with Crippen LogP contribution in [0.15, 0.2) is 24.4 Å². The molecule has 2 rings (SSSR count). The lowest BCUT2D eigenvalue weighted by Crippen LogP contribution is -2.59. The fraction of sp³-hybridized carbons (Fsp3) is 0.560. The molecule has 1 aliphatic rings. The van der Waals surface area contributed by atoms with Crippen LogP contribution in [0.5, 0.6) is 0 Å². The Morgan fingerprint density at radius 3 is 2.31 bits per heavy atom. The van der Waals surface area contributed by atoms with E-state index < -0.39 is 60.2 Å². The minimum absolute atomic E-state index is 0.0540. The van der Waals surface area contributed by atoms with Crippen molar-refractivity contribution in [2.45, 2.75) is 70.1 Å². The normalized spacial score (nSPS) is 16.9. The quantitative estimate of drug-likeness (QED) is 0.134. The summed E-state index contributed by atoms with van der Waals surface area (Å²) in [6.07, 6.45) is 2.45. The average molecular weight is 548 g/mol. The zero-order chi connectivity index (χ0) is 28.9. The summed E-state index contributed by atoms with van der Waals surface area (Å²) < 4.78 is 0. The predicted octanol–water partition coefficient (Wildman–Crippen LogP) is -1.59. The molecule has 0 bridgehead atoms. The summed E-state index contributed by atoms with van der Waals surface area (Å²) in [6.45, 7) is 4.08. The van der Waals surface area contributed by atoms with Gasteiger partial charge in [-0.2, -0.15) is 0 Å². The predicted molar refractivity (Wildman–Crippen MR) is 139 cm³/mol. The summed E-state index contributed by atoms with van der Waals surface area (Å²) in [6, 6.07) is 0.640. The SMILES string of the molecule is CC(C)C[C@H](NC(=O)[C@H](CNC(=O)[C@H]1CCCN1)NC(=O)c1ccccn1)C(=O)N[C@@H](CCC(=O)O)C(N)=O. The molecule has 0 spiro atoms. The Kier molecular flexibility index (Phi) is 12.3. The van der Waals surface area contributed by atoms with Gasteiger partial charge in [0.25, 0.3) is 5.91 Å². The Hall–Kier alpha value is -4.07. The molecule has 2 heterocycles. The summed E-state index contributed by atoms with van der Waals surface area (Å²) in [5.74, 6) is -4.61. The molecule has 1 fully saturated rings. The van der Waals surface area contributed by atoms with Crippen LogP contribution >= 0.6 is 0 Å². The van der Waals surface area contributed by atoms with Crippen molar-refractivity contribution in [3.63, 3.8) is 0 Å². The maximum atomic E-state index is 13.3. The van der Waals surface area contributed by atoms with Gasteiger partial charge in [-0.25, -0.2) is 0 Å². The van der Waals surface area contributed by atoms with Crippen molar-refractivity contribution in [2.75, 3.05) is 13.1 Å². The van der Waals surface area contributed by atoms with Gasteiger partial charge < -0.3 is 37.4 Å². The molecule has 8 N–H and O–H groups in total. The number of primary amides is 1. The number of carbonyl (C=O) groups is 6. The van der Waals surface area contributed by atoms with E-state index in [-0.39, 0.29) is 36.9 Å². The first-order chi connectivity index (χ1) is 18.5. The van der Waals surface area contributed by atoms with Crippen LogP contribution in [0.4, 0.5) is 0 Å². The van der Waals surface area contributed by atoms with Gasteiger partial charge in [-0.3, -0.25) is 33.8 Å². The third-order valence-corrected chi connectivity index (χ3v) is 6.02. The van der Waals surface area contributed by atoms with Gasteiger partial charge >= 0.3 is 5.97 Å². The Morgan fingerprint density at radius 2 is 1.74 bits per heavy atom. The molecule has 39 heavy (non-hydrogen) atoms. The van der Waals surface area contributed by atoms with Gasteiger partial charge in [0.1, 0.15) is 23.8 Å². The fourth-order valence-electron chi connectivity index (χ4n) is 3.97. The van der Waals surface area contributed by atoms with E-state index in [9.17, 15) is 28.8 Å². The highest BCUT2D eigenvalue weighted by molar-refractivity contribution is 5.98. The Morgan fingerprint density at radius 1 is 1.05 bits per heavy atom. The second-order valence-electron chi connectivity index (χ2n) is 9.72. The minimum atomic E-state index is -1.26. The molecular formula is C25H37N7O7. The Balaban J connectivity index is 2.17. The standard InChI is InChI=1S/C25H37N7O7/c1-14(2)12-18(24(38)30-15(21(26)35)8-9-20(33)34)31-25(39)19(13-29-22(36)16-7-5-11-28-16)32-23(37)17-6-3-4-10-27-17/h3-4,6,10,14-16,18-19,28H,5,7-9,11-13H2,1-2H3,(H2,26,35)(H,29,36)(H,30,38)(H,31,39)(H,32,37)(H,33,34)/t15-,16+,18-,19-/m0/s1. The number of rotatable bonds is 15. The summed E-state index contributed by atoms with van der Waals surface area (Å²) in [7, 11) is 0. The number of nitrogens with zero attached hydrogens (tertiary/aromatic N) is 1. The first-order valence-corrected chi connectivity index (χ1v) is 12.8. The van der Waals surface area contributed by atoms with E-state index in [1.54, 1.807) is 12.1 Å². The second-order valence-corrected chi connectivity index (χ2v) is 9.72. The van der Waals surface area contributed by atoms with E-state index in [1.165, 1.54) is 12.3 Å². The molecule has 4 atom stereocenters.